The Balaban J connectivity index is 1.22. The maximum atomic E-state index is 6.19. The number of hydrogen-bond donors (Lipinski definition) is 0. The van der Waals surface area contributed by atoms with Crippen LogP contribution in [0.5, 0.6) is 11.5 Å². The van der Waals surface area contributed by atoms with Crippen LogP contribution in [-0.4, -0.2) is 9.97 Å². The molecule has 39 heavy (non-hydrogen) atoms. The van der Waals surface area contributed by atoms with E-state index in [1.54, 1.807) is 17.5 Å². The van der Waals surface area contributed by atoms with Gasteiger partial charge < -0.3 is 9.64 Å². The average Bonchev–Trinajstić information content (AvgIpc) is 3.44. The summed E-state index contributed by atoms with van der Waals surface area (Å²) in [4.78, 5) is 11.5. The molecule has 2 aromatic heterocycles. The molecule has 0 spiro atoms. The summed E-state index contributed by atoms with van der Waals surface area (Å²) in [6.07, 6.45) is 1.80. The molecular weight excluding hydrogens is 498 g/mol. The third-order valence-corrected chi connectivity index (χ3v) is 8.23. The summed E-state index contributed by atoms with van der Waals surface area (Å²) >= 11 is 1.68. The van der Waals surface area contributed by atoms with Crippen LogP contribution in [-0.2, 0) is 0 Å². The van der Waals surface area contributed by atoms with Gasteiger partial charge >= 0.3 is 0 Å². The topological polar surface area (TPSA) is 38.2 Å². The first-order chi connectivity index (χ1) is 19.3. The highest BCUT2D eigenvalue weighted by atomic mass is 32.1. The molecule has 5 heteroatoms. The number of aromatic nitrogens is 2. The normalized spacial score (nSPS) is 12.3. The number of fused-ring (bicyclic) bond motifs is 4. The number of nitrogens with zero attached hydrogens (tertiary/aromatic N) is 3. The second-order valence-electron chi connectivity index (χ2n) is 9.47. The minimum absolute atomic E-state index is 0.799. The first kappa shape index (κ1) is 22.0. The number of thiazole rings is 1. The summed E-state index contributed by atoms with van der Waals surface area (Å²) in [6.45, 7) is 0. The zero-order chi connectivity index (χ0) is 25.8. The predicted molar refractivity (Wildman–Crippen MR) is 161 cm³/mol. The van der Waals surface area contributed by atoms with Crippen LogP contribution >= 0.6 is 11.3 Å². The van der Waals surface area contributed by atoms with E-state index in [2.05, 4.69) is 88.7 Å². The van der Waals surface area contributed by atoms with E-state index in [4.69, 9.17) is 9.72 Å². The average molecular weight is 520 g/mol. The summed E-state index contributed by atoms with van der Waals surface area (Å²) in [5.74, 6) is 1.71. The van der Waals surface area contributed by atoms with Crippen molar-refractivity contribution in [2.24, 2.45) is 0 Å². The molecule has 0 saturated heterocycles. The maximum Gasteiger partial charge on any atom is 0.170 e. The van der Waals surface area contributed by atoms with E-state index in [1.165, 1.54) is 21.9 Å². The SMILES string of the molecule is c1ccc2c(c1)Oc1ccccc1N2c1ccc(-c2ccc(-c3nc4ncccc4s3)c3ccccc23)cc1. The Bertz CT molecular complexity index is 1930. The van der Waals surface area contributed by atoms with Gasteiger partial charge in [-0.05, 0) is 70.4 Å². The summed E-state index contributed by atoms with van der Waals surface area (Å²) in [5, 5.41) is 3.39. The van der Waals surface area contributed by atoms with E-state index >= 15 is 0 Å². The monoisotopic (exact) mass is 519 g/mol. The molecule has 4 nitrogen and oxygen atoms in total. The summed E-state index contributed by atoms with van der Waals surface area (Å²) in [5.41, 5.74) is 7.45. The fraction of sp³-hybridized carbons (Fsp3) is 0. The van der Waals surface area contributed by atoms with Crippen molar-refractivity contribution in [2.45, 2.75) is 0 Å². The van der Waals surface area contributed by atoms with E-state index in [1.807, 2.05) is 42.5 Å². The number of ether oxygens (including phenoxy) is 1. The van der Waals surface area contributed by atoms with Gasteiger partial charge in [0.1, 0.15) is 5.01 Å². The van der Waals surface area contributed by atoms with Crippen LogP contribution in [0.1, 0.15) is 0 Å². The van der Waals surface area contributed by atoms with Crippen LogP contribution in [0.25, 0.3) is 42.8 Å². The van der Waals surface area contributed by atoms with E-state index < -0.39 is 0 Å². The first-order valence-electron chi connectivity index (χ1n) is 12.8. The smallest absolute Gasteiger partial charge is 0.170 e. The fourth-order valence-electron chi connectivity index (χ4n) is 5.39. The summed E-state index contributed by atoms with van der Waals surface area (Å²) in [7, 11) is 0. The number of anilines is 3. The van der Waals surface area contributed by atoms with Crippen molar-refractivity contribution in [3.05, 3.63) is 128 Å². The highest BCUT2D eigenvalue weighted by Gasteiger charge is 2.25. The third kappa shape index (κ3) is 3.59. The van der Waals surface area contributed by atoms with Gasteiger partial charge in [-0.15, -0.1) is 11.3 Å². The van der Waals surface area contributed by atoms with Crippen LogP contribution in [0.4, 0.5) is 17.1 Å². The zero-order valence-electron chi connectivity index (χ0n) is 20.8. The van der Waals surface area contributed by atoms with Gasteiger partial charge in [0.05, 0.1) is 16.1 Å². The molecule has 5 aromatic carbocycles. The Morgan fingerprint density at radius 1 is 0.590 bits per heavy atom. The molecule has 1 aliphatic heterocycles. The van der Waals surface area contributed by atoms with Crippen molar-refractivity contribution < 1.29 is 4.74 Å². The molecule has 0 fully saturated rings. The second-order valence-corrected chi connectivity index (χ2v) is 10.5. The van der Waals surface area contributed by atoms with Crippen molar-refractivity contribution >= 4 is 49.5 Å². The maximum absolute atomic E-state index is 6.19. The zero-order valence-corrected chi connectivity index (χ0v) is 21.6. The number of hydrogen-bond acceptors (Lipinski definition) is 5. The fourth-order valence-corrected chi connectivity index (χ4v) is 6.36. The van der Waals surface area contributed by atoms with Gasteiger partial charge in [0, 0.05) is 17.4 Å². The molecule has 184 valence electrons. The Labute approximate surface area is 229 Å². The van der Waals surface area contributed by atoms with Gasteiger partial charge in [0.15, 0.2) is 17.1 Å². The lowest BCUT2D eigenvalue weighted by atomic mass is 9.95. The van der Waals surface area contributed by atoms with Gasteiger partial charge in [0.25, 0.3) is 0 Å². The number of rotatable bonds is 3. The summed E-state index contributed by atoms with van der Waals surface area (Å²) in [6, 6.07) is 42.2. The summed E-state index contributed by atoms with van der Waals surface area (Å²) < 4.78 is 7.29. The Kier molecular flexibility index (Phi) is 4.96. The molecule has 0 bridgehead atoms. The molecule has 0 atom stereocenters. The molecule has 0 N–H and O–H groups in total. The highest BCUT2D eigenvalue weighted by molar-refractivity contribution is 7.21. The highest BCUT2D eigenvalue weighted by Crippen LogP contribution is 2.50. The Morgan fingerprint density at radius 2 is 1.23 bits per heavy atom. The lowest BCUT2D eigenvalue weighted by Crippen LogP contribution is -2.15. The van der Waals surface area contributed by atoms with Crippen molar-refractivity contribution in [2.75, 3.05) is 4.90 Å². The van der Waals surface area contributed by atoms with Crippen LogP contribution in [0.2, 0.25) is 0 Å². The van der Waals surface area contributed by atoms with E-state index in [-0.39, 0.29) is 0 Å². The minimum Gasteiger partial charge on any atom is -0.453 e. The molecule has 7 aromatic rings. The van der Waals surface area contributed by atoms with Gasteiger partial charge in [-0.2, -0.15) is 0 Å². The largest absolute Gasteiger partial charge is 0.453 e. The minimum atomic E-state index is 0.799. The van der Waals surface area contributed by atoms with Gasteiger partial charge in [0.2, 0.25) is 0 Å². The van der Waals surface area contributed by atoms with E-state index in [9.17, 15) is 0 Å². The number of para-hydroxylation sites is 4. The van der Waals surface area contributed by atoms with Crippen molar-refractivity contribution in [3.63, 3.8) is 0 Å². The van der Waals surface area contributed by atoms with E-state index in [0.29, 0.717) is 0 Å². The molecule has 1 aliphatic rings. The first-order valence-corrected chi connectivity index (χ1v) is 13.7. The standard InChI is InChI=1S/C34H21N3OS/c1-2-9-26-25(8-1)24(19-20-27(26)34-36-33-32(39-34)14-7-21-35-33)22-15-17-23(18-16-22)37-28-10-3-5-12-30(28)38-31-13-6-4-11-29(31)37/h1-21H. The number of benzene rings is 5. The molecule has 0 unspecified atom stereocenters. The van der Waals surface area contributed by atoms with Gasteiger partial charge in [-0.25, -0.2) is 9.97 Å². The molecule has 8 rings (SSSR count). The lowest BCUT2D eigenvalue weighted by Gasteiger charge is -2.32. The van der Waals surface area contributed by atoms with Crippen molar-refractivity contribution in [1.29, 1.82) is 0 Å². The molecule has 0 radical (unpaired) electrons. The second kappa shape index (κ2) is 8.79. The lowest BCUT2D eigenvalue weighted by molar-refractivity contribution is 0.477. The predicted octanol–water partition coefficient (Wildman–Crippen LogP) is 9.75. The molecule has 0 aliphatic carbocycles. The van der Waals surface area contributed by atoms with Crippen molar-refractivity contribution in [1.82, 2.24) is 9.97 Å². The Hall–Kier alpha value is -5.00. The van der Waals surface area contributed by atoms with Crippen molar-refractivity contribution in [3.8, 4) is 33.2 Å². The molecular formula is C34H21N3OS. The van der Waals surface area contributed by atoms with Crippen LogP contribution in [0.15, 0.2) is 128 Å². The third-order valence-electron chi connectivity index (χ3n) is 7.19. The van der Waals surface area contributed by atoms with E-state index in [0.717, 1.165) is 49.5 Å². The van der Waals surface area contributed by atoms with Gasteiger partial charge in [-0.1, -0.05) is 72.8 Å². The molecule has 0 saturated carbocycles. The van der Waals surface area contributed by atoms with Crippen LogP contribution < -0.4 is 9.64 Å². The Morgan fingerprint density at radius 3 is 1.95 bits per heavy atom. The molecule has 3 heterocycles. The molecule has 0 amide bonds. The van der Waals surface area contributed by atoms with Crippen LogP contribution in [0.3, 0.4) is 0 Å². The van der Waals surface area contributed by atoms with Crippen LogP contribution in [0, 0.1) is 0 Å². The number of pyridine rings is 1. The van der Waals surface area contributed by atoms with Gasteiger partial charge in [-0.3, -0.25) is 0 Å². The quantitative estimate of drug-likeness (QED) is 0.233.